The molecule has 0 radical (unpaired) electrons. The lowest BCUT2D eigenvalue weighted by molar-refractivity contribution is -0.141. The summed E-state index contributed by atoms with van der Waals surface area (Å²) in [6, 6.07) is 6.46. The number of esters is 1. The molecule has 1 N–H and O–H groups in total. The van der Waals surface area contributed by atoms with E-state index in [4.69, 9.17) is 0 Å². The molecule has 9 heteroatoms. The van der Waals surface area contributed by atoms with Gasteiger partial charge in [0.1, 0.15) is 11.4 Å². The molecule has 2 aromatic rings. The highest BCUT2D eigenvalue weighted by atomic mass is 79.9. The number of hydrogen-bond donors (Lipinski definition) is 1. The number of ether oxygens (including phenoxy) is 1. The molecular formula is C12H12BrN3O4S. The Bertz CT molecular complexity index is 757. The number of sulfonamides is 1. The first-order valence-electron chi connectivity index (χ1n) is 5.79. The van der Waals surface area contributed by atoms with E-state index in [1.54, 1.807) is 18.2 Å². The van der Waals surface area contributed by atoms with Crippen molar-refractivity contribution in [3.8, 4) is 0 Å². The van der Waals surface area contributed by atoms with Crippen molar-refractivity contribution in [1.82, 2.24) is 9.78 Å². The van der Waals surface area contributed by atoms with Crippen molar-refractivity contribution in [2.75, 3.05) is 11.8 Å². The largest absolute Gasteiger partial charge is 0.468 e. The van der Waals surface area contributed by atoms with Gasteiger partial charge in [-0.2, -0.15) is 5.10 Å². The predicted octanol–water partition coefficient (Wildman–Crippen LogP) is 1.62. The van der Waals surface area contributed by atoms with Crippen LogP contribution in [-0.4, -0.2) is 31.3 Å². The molecule has 7 nitrogen and oxygen atoms in total. The number of hydrogen-bond acceptors (Lipinski definition) is 5. The molecule has 2 rings (SSSR count). The second-order valence-electron chi connectivity index (χ2n) is 4.04. The lowest BCUT2D eigenvalue weighted by Crippen LogP contribution is -2.13. The number of methoxy groups -OCH3 is 1. The van der Waals surface area contributed by atoms with Crippen LogP contribution in [0.15, 0.2) is 46.0 Å². The molecule has 0 fully saturated rings. The molecule has 0 aliphatic carbocycles. The van der Waals surface area contributed by atoms with Crippen molar-refractivity contribution in [2.45, 2.75) is 11.4 Å². The third-order valence-electron chi connectivity index (χ3n) is 2.53. The summed E-state index contributed by atoms with van der Waals surface area (Å²) in [5.74, 6) is -0.474. The number of aromatic nitrogens is 2. The number of benzene rings is 1. The smallest absolute Gasteiger partial charge is 0.327 e. The highest BCUT2D eigenvalue weighted by molar-refractivity contribution is 9.10. The van der Waals surface area contributed by atoms with Crippen LogP contribution >= 0.6 is 15.9 Å². The molecule has 112 valence electrons. The van der Waals surface area contributed by atoms with E-state index in [1.807, 2.05) is 0 Å². The molecule has 21 heavy (non-hydrogen) atoms. The first-order valence-corrected chi connectivity index (χ1v) is 8.06. The Balaban J connectivity index is 2.18. The lowest BCUT2D eigenvalue weighted by Gasteiger charge is -2.07. The standard InChI is InChI=1S/C12H12BrN3O4S/c1-20-12(17)8-16-7-9(6-14-16)15-21(18,19)11-5-3-2-4-10(11)13/h2-7,15H,8H2,1H3. The van der Waals surface area contributed by atoms with Crippen LogP contribution in [0, 0.1) is 0 Å². The quantitative estimate of drug-likeness (QED) is 0.804. The lowest BCUT2D eigenvalue weighted by atomic mass is 10.4. The summed E-state index contributed by atoms with van der Waals surface area (Å²) < 4.78 is 33.1. The molecule has 1 aromatic heterocycles. The van der Waals surface area contributed by atoms with Gasteiger partial charge in [-0.05, 0) is 28.1 Å². The summed E-state index contributed by atoms with van der Waals surface area (Å²) in [5.41, 5.74) is 0.259. The second kappa shape index (κ2) is 6.27. The van der Waals surface area contributed by atoms with Crippen LogP contribution < -0.4 is 4.72 Å². The number of carbonyl (C=O) groups excluding carboxylic acids is 1. The molecule has 0 amide bonds. The van der Waals surface area contributed by atoms with E-state index >= 15 is 0 Å². The molecule has 1 heterocycles. The molecule has 1 aromatic carbocycles. The number of halogens is 1. The van der Waals surface area contributed by atoms with Crippen molar-refractivity contribution in [3.05, 3.63) is 41.1 Å². The summed E-state index contributed by atoms with van der Waals surface area (Å²) in [6.45, 7) is -0.0900. The van der Waals surface area contributed by atoms with Crippen LogP contribution in [0.2, 0.25) is 0 Å². The maximum absolute atomic E-state index is 12.2. The van der Waals surface area contributed by atoms with Gasteiger partial charge in [0, 0.05) is 10.7 Å². The Morgan fingerprint density at radius 1 is 1.43 bits per heavy atom. The van der Waals surface area contributed by atoms with Crippen molar-refractivity contribution in [1.29, 1.82) is 0 Å². The number of anilines is 1. The molecule has 0 saturated carbocycles. The van der Waals surface area contributed by atoms with E-state index in [0.29, 0.717) is 4.47 Å². The monoisotopic (exact) mass is 373 g/mol. The first kappa shape index (κ1) is 15.5. The van der Waals surface area contributed by atoms with Gasteiger partial charge in [-0.3, -0.25) is 14.2 Å². The van der Waals surface area contributed by atoms with Crippen LogP contribution in [0.5, 0.6) is 0 Å². The van der Waals surface area contributed by atoms with E-state index in [9.17, 15) is 13.2 Å². The minimum Gasteiger partial charge on any atom is -0.468 e. The molecule has 0 aliphatic rings. The Hall–Kier alpha value is -1.87. The summed E-state index contributed by atoms with van der Waals surface area (Å²) in [5, 5.41) is 3.88. The Morgan fingerprint density at radius 3 is 2.81 bits per heavy atom. The molecule has 0 bridgehead atoms. The highest BCUT2D eigenvalue weighted by Gasteiger charge is 2.18. The molecule has 0 aliphatic heterocycles. The van der Waals surface area contributed by atoms with Gasteiger partial charge in [0.25, 0.3) is 10.0 Å². The van der Waals surface area contributed by atoms with Gasteiger partial charge < -0.3 is 4.74 Å². The number of carbonyl (C=O) groups is 1. The fourth-order valence-corrected chi connectivity index (χ4v) is 3.60. The molecule has 0 atom stereocenters. The van der Waals surface area contributed by atoms with E-state index in [1.165, 1.54) is 30.3 Å². The van der Waals surface area contributed by atoms with Gasteiger partial charge in [0.15, 0.2) is 0 Å². The van der Waals surface area contributed by atoms with Gasteiger partial charge in [-0.15, -0.1) is 0 Å². The average molecular weight is 374 g/mol. The third kappa shape index (κ3) is 3.82. The van der Waals surface area contributed by atoms with Gasteiger partial charge in [-0.1, -0.05) is 12.1 Å². The summed E-state index contributed by atoms with van der Waals surface area (Å²) >= 11 is 3.19. The van der Waals surface area contributed by atoms with E-state index in [-0.39, 0.29) is 17.1 Å². The predicted molar refractivity (Wildman–Crippen MR) is 79.2 cm³/mol. The van der Waals surface area contributed by atoms with E-state index in [0.717, 1.165) is 0 Å². The van der Waals surface area contributed by atoms with Gasteiger partial charge in [0.2, 0.25) is 0 Å². The Kier molecular flexibility index (Phi) is 4.63. The van der Waals surface area contributed by atoms with Crippen LogP contribution in [0.1, 0.15) is 0 Å². The summed E-state index contributed by atoms with van der Waals surface area (Å²) in [7, 11) is -2.46. The van der Waals surface area contributed by atoms with E-state index in [2.05, 4.69) is 30.5 Å². The number of rotatable bonds is 5. The molecular weight excluding hydrogens is 362 g/mol. The molecule has 0 spiro atoms. The second-order valence-corrected chi connectivity index (χ2v) is 6.54. The SMILES string of the molecule is COC(=O)Cn1cc(NS(=O)(=O)c2ccccc2Br)cn1. The Morgan fingerprint density at radius 2 is 2.14 bits per heavy atom. The maximum Gasteiger partial charge on any atom is 0.327 e. The fourth-order valence-electron chi connectivity index (χ4n) is 1.57. The highest BCUT2D eigenvalue weighted by Crippen LogP contribution is 2.23. The fraction of sp³-hybridized carbons (Fsp3) is 0.167. The van der Waals surface area contributed by atoms with E-state index < -0.39 is 16.0 Å². The topological polar surface area (TPSA) is 90.3 Å². The van der Waals surface area contributed by atoms with Crippen LogP contribution in [0.3, 0.4) is 0 Å². The van der Waals surface area contributed by atoms with Gasteiger partial charge >= 0.3 is 5.97 Å². The molecule has 0 unspecified atom stereocenters. The normalized spacial score (nSPS) is 11.1. The molecule has 0 saturated heterocycles. The number of nitrogens with one attached hydrogen (secondary N) is 1. The van der Waals surface area contributed by atoms with Crippen LogP contribution in [0.4, 0.5) is 5.69 Å². The van der Waals surface area contributed by atoms with Crippen LogP contribution in [0.25, 0.3) is 0 Å². The zero-order valence-electron chi connectivity index (χ0n) is 11.0. The summed E-state index contributed by atoms with van der Waals surface area (Å²) in [6.07, 6.45) is 2.72. The van der Waals surface area contributed by atoms with Crippen LogP contribution in [-0.2, 0) is 26.1 Å². The van der Waals surface area contributed by atoms with Gasteiger partial charge in [0.05, 0.1) is 19.0 Å². The maximum atomic E-state index is 12.2. The minimum absolute atomic E-state index is 0.0900. The third-order valence-corrected chi connectivity index (χ3v) is 4.92. The van der Waals surface area contributed by atoms with Crippen molar-refractivity contribution in [3.63, 3.8) is 0 Å². The minimum atomic E-state index is -3.73. The van der Waals surface area contributed by atoms with Crippen molar-refractivity contribution in [2.24, 2.45) is 0 Å². The zero-order valence-corrected chi connectivity index (χ0v) is 13.4. The zero-order chi connectivity index (χ0) is 15.5. The number of nitrogens with zero attached hydrogens (tertiary/aromatic N) is 2. The average Bonchev–Trinajstić information content (AvgIpc) is 2.85. The summed E-state index contributed by atoms with van der Waals surface area (Å²) in [4.78, 5) is 11.2. The Labute approximate surface area is 130 Å². The van der Waals surface area contributed by atoms with Gasteiger partial charge in [-0.25, -0.2) is 8.42 Å². The first-order chi connectivity index (χ1) is 9.92. The van der Waals surface area contributed by atoms with Crippen molar-refractivity contribution < 1.29 is 17.9 Å². The van der Waals surface area contributed by atoms with Crippen molar-refractivity contribution >= 4 is 37.6 Å².